The number of nitrogens with one attached hydrogen (secondary N) is 3. The van der Waals surface area contributed by atoms with E-state index in [1.165, 1.54) is 0 Å². The van der Waals surface area contributed by atoms with Crippen molar-refractivity contribution in [2.75, 3.05) is 29.1 Å². The molecule has 0 spiro atoms. The Morgan fingerprint density at radius 2 is 1.30 bits per heavy atom. The highest BCUT2D eigenvalue weighted by molar-refractivity contribution is 5.74. The van der Waals surface area contributed by atoms with Gasteiger partial charge < -0.3 is 20.7 Å². The molecule has 138 valence electrons. The Bertz CT molecular complexity index is 814. The zero-order chi connectivity index (χ0) is 18.9. The van der Waals surface area contributed by atoms with Crippen molar-refractivity contribution >= 4 is 35.2 Å². The Kier molecular flexibility index (Phi) is 6.13. The van der Waals surface area contributed by atoms with Gasteiger partial charge in [-0.15, -0.1) is 0 Å². The Balaban J connectivity index is 1.81. The first-order chi connectivity index (χ1) is 13.2. The van der Waals surface area contributed by atoms with Gasteiger partial charge in [0.2, 0.25) is 17.8 Å². The van der Waals surface area contributed by atoms with Gasteiger partial charge in [0.15, 0.2) is 0 Å². The number of hydrogen-bond acceptors (Lipinski definition) is 8. The van der Waals surface area contributed by atoms with Crippen LogP contribution in [0.2, 0.25) is 0 Å². The molecule has 0 unspecified atom stereocenters. The van der Waals surface area contributed by atoms with Gasteiger partial charge in [-0.2, -0.15) is 15.0 Å². The van der Waals surface area contributed by atoms with Crippen LogP contribution in [0.15, 0.2) is 60.7 Å². The minimum absolute atomic E-state index is 0.0343. The summed E-state index contributed by atoms with van der Waals surface area (Å²) < 4.78 is 4.91. The van der Waals surface area contributed by atoms with E-state index in [4.69, 9.17) is 4.74 Å². The Labute approximate surface area is 157 Å². The van der Waals surface area contributed by atoms with Crippen molar-refractivity contribution in [2.45, 2.75) is 6.92 Å². The highest BCUT2D eigenvalue weighted by atomic mass is 16.5. The summed E-state index contributed by atoms with van der Waals surface area (Å²) in [6.45, 7) is 2.04. The molecule has 0 amide bonds. The molecule has 0 aliphatic heterocycles. The second-order valence-electron chi connectivity index (χ2n) is 5.45. The van der Waals surface area contributed by atoms with E-state index in [1.54, 1.807) is 6.92 Å². The molecular weight excluding hydrogens is 344 g/mol. The summed E-state index contributed by atoms with van der Waals surface area (Å²) in [6.07, 6.45) is 0. The number of esters is 1. The van der Waals surface area contributed by atoms with E-state index < -0.39 is 0 Å². The van der Waals surface area contributed by atoms with Crippen LogP contribution in [-0.2, 0) is 9.53 Å². The Morgan fingerprint density at radius 1 is 0.815 bits per heavy atom. The largest absolute Gasteiger partial charge is 0.465 e. The summed E-state index contributed by atoms with van der Waals surface area (Å²) in [7, 11) is 0. The van der Waals surface area contributed by atoms with Crippen LogP contribution < -0.4 is 16.0 Å². The van der Waals surface area contributed by atoms with Crippen LogP contribution >= 0.6 is 0 Å². The molecule has 0 fully saturated rings. The van der Waals surface area contributed by atoms with Gasteiger partial charge in [-0.1, -0.05) is 36.4 Å². The van der Waals surface area contributed by atoms with Crippen LogP contribution in [0, 0.1) is 0 Å². The van der Waals surface area contributed by atoms with Crippen molar-refractivity contribution < 1.29 is 9.53 Å². The van der Waals surface area contributed by atoms with E-state index >= 15 is 0 Å². The highest BCUT2D eigenvalue weighted by Gasteiger charge is 2.09. The maximum Gasteiger partial charge on any atom is 0.325 e. The van der Waals surface area contributed by atoms with E-state index in [9.17, 15) is 4.79 Å². The number of nitrogens with zero attached hydrogens (tertiary/aromatic N) is 3. The fraction of sp³-hybridized carbons (Fsp3) is 0.158. The van der Waals surface area contributed by atoms with Crippen LogP contribution in [-0.4, -0.2) is 34.1 Å². The van der Waals surface area contributed by atoms with Gasteiger partial charge in [0.05, 0.1) is 6.61 Å². The summed E-state index contributed by atoms with van der Waals surface area (Å²) >= 11 is 0. The van der Waals surface area contributed by atoms with Crippen molar-refractivity contribution in [2.24, 2.45) is 0 Å². The van der Waals surface area contributed by atoms with Gasteiger partial charge in [0.25, 0.3) is 0 Å². The molecule has 27 heavy (non-hydrogen) atoms. The minimum atomic E-state index is -0.381. The predicted molar refractivity (Wildman–Crippen MR) is 104 cm³/mol. The molecule has 0 aliphatic rings. The molecule has 0 radical (unpaired) electrons. The summed E-state index contributed by atoms with van der Waals surface area (Å²) in [4.78, 5) is 24.6. The lowest BCUT2D eigenvalue weighted by Crippen LogP contribution is -2.19. The van der Waals surface area contributed by atoms with Gasteiger partial charge in [0.1, 0.15) is 6.54 Å². The Morgan fingerprint density at radius 3 is 1.78 bits per heavy atom. The SMILES string of the molecule is CCOC(=O)CNc1nc(Nc2ccccc2)nc(Nc2ccccc2)n1. The topological polar surface area (TPSA) is 101 Å². The highest BCUT2D eigenvalue weighted by Crippen LogP contribution is 2.18. The van der Waals surface area contributed by atoms with Crippen LogP contribution in [0.4, 0.5) is 29.2 Å². The number of benzene rings is 2. The van der Waals surface area contributed by atoms with Crippen molar-refractivity contribution in [3.05, 3.63) is 60.7 Å². The first-order valence-corrected chi connectivity index (χ1v) is 8.52. The van der Waals surface area contributed by atoms with Crippen molar-refractivity contribution in [1.29, 1.82) is 0 Å². The molecule has 0 saturated heterocycles. The summed E-state index contributed by atoms with van der Waals surface area (Å²) in [6, 6.07) is 19.1. The first-order valence-electron chi connectivity index (χ1n) is 8.52. The average molecular weight is 364 g/mol. The second kappa shape index (κ2) is 9.14. The van der Waals surface area contributed by atoms with E-state index in [0.29, 0.717) is 18.5 Å². The van der Waals surface area contributed by atoms with Gasteiger partial charge >= 0.3 is 5.97 Å². The maximum atomic E-state index is 11.6. The Hall–Kier alpha value is -3.68. The molecule has 3 rings (SSSR count). The lowest BCUT2D eigenvalue weighted by molar-refractivity contribution is -0.140. The van der Waals surface area contributed by atoms with Crippen LogP contribution in [0.1, 0.15) is 6.92 Å². The zero-order valence-electron chi connectivity index (χ0n) is 14.8. The molecule has 0 saturated carbocycles. The molecule has 0 aliphatic carbocycles. The molecule has 1 heterocycles. The van der Waals surface area contributed by atoms with E-state index in [0.717, 1.165) is 11.4 Å². The fourth-order valence-corrected chi connectivity index (χ4v) is 2.23. The lowest BCUT2D eigenvalue weighted by Gasteiger charge is -2.11. The molecule has 2 aromatic carbocycles. The summed E-state index contributed by atoms with van der Waals surface area (Å²) in [5.41, 5.74) is 1.68. The third kappa shape index (κ3) is 5.67. The van der Waals surface area contributed by atoms with Crippen molar-refractivity contribution in [3.63, 3.8) is 0 Å². The van der Waals surface area contributed by atoms with Crippen LogP contribution in [0.25, 0.3) is 0 Å². The quantitative estimate of drug-likeness (QED) is 0.523. The predicted octanol–water partition coefficient (Wildman–Crippen LogP) is 3.33. The number of carbonyl (C=O) groups excluding carboxylic acids is 1. The molecular formula is C19H20N6O2. The molecule has 3 N–H and O–H groups in total. The van der Waals surface area contributed by atoms with Gasteiger partial charge in [0, 0.05) is 11.4 Å². The van der Waals surface area contributed by atoms with E-state index in [2.05, 4.69) is 30.9 Å². The van der Waals surface area contributed by atoms with Gasteiger partial charge in [-0.25, -0.2) is 0 Å². The van der Waals surface area contributed by atoms with E-state index in [-0.39, 0.29) is 18.5 Å². The van der Waals surface area contributed by atoms with Crippen LogP contribution in [0.5, 0.6) is 0 Å². The molecule has 1 aromatic heterocycles. The maximum absolute atomic E-state index is 11.6. The normalized spacial score (nSPS) is 10.1. The van der Waals surface area contributed by atoms with Crippen molar-refractivity contribution in [1.82, 2.24) is 15.0 Å². The van der Waals surface area contributed by atoms with Crippen LogP contribution in [0.3, 0.4) is 0 Å². The summed E-state index contributed by atoms with van der Waals surface area (Å²) in [5, 5.41) is 9.11. The monoisotopic (exact) mass is 364 g/mol. The van der Waals surface area contributed by atoms with Crippen molar-refractivity contribution in [3.8, 4) is 0 Å². The number of para-hydroxylation sites is 2. The average Bonchev–Trinajstić information content (AvgIpc) is 2.68. The smallest absolute Gasteiger partial charge is 0.325 e. The molecule has 8 heteroatoms. The third-order valence-corrected chi connectivity index (χ3v) is 3.39. The number of rotatable bonds is 8. The third-order valence-electron chi connectivity index (χ3n) is 3.39. The molecule has 0 atom stereocenters. The van der Waals surface area contributed by atoms with Gasteiger partial charge in [-0.05, 0) is 31.2 Å². The van der Waals surface area contributed by atoms with Gasteiger partial charge in [-0.3, -0.25) is 4.79 Å². The number of ether oxygens (including phenoxy) is 1. The number of anilines is 5. The number of aromatic nitrogens is 3. The number of carbonyl (C=O) groups is 1. The molecule has 0 bridgehead atoms. The fourth-order valence-electron chi connectivity index (χ4n) is 2.23. The second-order valence-corrected chi connectivity index (χ2v) is 5.45. The summed E-state index contributed by atoms with van der Waals surface area (Å²) in [5.74, 6) is 0.574. The lowest BCUT2D eigenvalue weighted by atomic mass is 10.3. The number of hydrogen-bond donors (Lipinski definition) is 3. The standard InChI is InChI=1S/C19H20N6O2/c1-2-27-16(26)13-20-17-23-18(21-14-9-5-3-6-10-14)25-19(24-17)22-15-11-7-4-8-12-15/h3-12H,2,13H2,1H3,(H3,20,21,22,23,24,25). The molecule has 3 aromatic rings. The molecule has 8 nitrogen and oxygen atoms in total. The minimum Gasteiger partial charge on any atom is -0.465 e. The van der Waals surface area contributed by atoms with E-state index in [1.807, 2.05) is 60.7 Å². The zero-order valence-corrected chi connectivity index (χ0v) is 14.8. The first kappa shape index (κ1) is 18.1.